The summed E-state index contributed by atoms with van der Waals surface area (Å²) in [6.45, 7) is 1.75. The highest BCUT2D eigenvalue weighted by Gasteiger charge is 2.19. The number of carboxylic acid groups (broad SMARTS) is 1. The summed E-state index contributed by atoms with van der Waals surface area (Å²) in [6.07, 6.45) is 8.68. The smallest absolute Gasteiger partial charge is 0.306 e. The maximum Gasteiger partial charge on any atom is 0.306 e. The van der Waals surface area contributed by atoms with Crippen molar-refractivity contribution in [1.29, 1.82) is 0 Å². The van der Waals surface area contributed by atoms with Gasteiger partial charge >= 0.3 is 5.97 Å². The number of carboxylic acids is 1. The topological polar surface area (TPSA) is 62.3 Å². The zero-order chi connectivity index (χ0) is 19.5. The van der Waals surface area contributed by atoms with Crippen LogP contribution in [0.4, 0.5) is 0 Å². The van der Waals surface area contributed by atoms with Crippen molar-refractivity contribution in [3.8, 4) is 16.9 Å². The van der Waals surface area contributed by atoms with E-state index in [1.54, 1.807) is 6.92 Å². The van der Waals surface area contributed by atoms with E-state index in [1.807, 2.05) is 18.3 Å². The predicted octanol–water partition coefficient (Wildman–Crippen LogP) is 5.81. The standard InChI is InChI=1S/C24H27NO3/c1-16(24(26)27)13-17-7-10-23(28-20-5-3-2-4-6-20)21(14-17)18-8-9-22-19(15-18)11-12-25-22/h7-12,14-16,20,25H,2-6,13H2,1H3,(H,26,27). The number of ether oxygens (including phenoxy) is 1. The van der Waals surface area contributed by atoms with Gasteiger partial charge in [-0.1, -0.05) is 25.5 Å². The zero-order valence-corrected chi connectivity index (χ0v) is 16.3. The third-order valence-corrected chi connectivity index (χ3v) is 5.72. The van der Waals surface area contributed by atoms with Gasteiger partial charge in [0, 0.05) is 17.3 Å². The SMILES string of the molecule is CC(Cc1ccc(OC2CCCCC2)c(-c2ccc3[nH]ccc3c2)c1)C(=O)O. The van der Waals surface area contributed by atoms with E-state index in [9.17, 15) is 9.90 Å². The first kappa shape index (κ1) is 18.6. The maximum absolute atomic E-state index is 11.3. The molecule has 0 aliphatic heterocycles. The molecule has 146 valence electrons. The van der Waals surface area contributed by atoms with Crippen molar-refractivity contribution < 1.29 is 14.6 Å². The second-order valence-electron chi connectivity index (χ2n) is 7.93. The lowest BCUT2D eigenvalue weighted by atomic mass is 9.95. The van der Waals surface area contributed by atoms with Crippen LogP contribution in [-0.4, -0.2) is 22.2 Å². The largest absolute Gasteiger partial charge is 0.490 e. The molecule has 0 saturated heterocycles. The quantitative estimate of drug-likeness (QED) is 0.570. The molecule has 1 heterocycles. The molecule has 4 nitrogen and oxygen atoms in total. The monoisotopic (exact) mass is 377 g/mol. The summed E-state index contributed by atoms with van der Waals surface area (Å²) in [6, 6.07) is 14.6. The van der Waals surface area contributed by atoms with Gasteiger partial charge in [-0.3, -0.25) is 4.79 Å². The van der Waals surface area contributed by atoms with E-state index in [4.69, 9.17) is 4.74 Å². The van der Waals surface area contributed by atoms with Gasteiger partial charge in [0.15, 0.2) is 0 Å². The molecule has 1 atom stereocenters. The van der Waals surface area contributed by atoms with Crippen LogP contribution >= 0.6 is 0 Å². The Morgan fingerprint density at radius 2 is 1.96 bits per heavy atom. The van der Waals surface area contributed by atoms with Crippen LogP contribution in [0, 0.1) is 5.92 Å². The van der Waals surface area contributed by atoms with E-state index in [2.05, 4.69) is 35.3 Å². The fourth-order valence-corrected chi connectivity index (χ4v) is 4.06. The highest BCUT2D eigenvalue weighted by molar-refractivity contribution is 5.86. The van der Waals surface area contributed by atoms with E-state index < -0.39 is 11.9 Å². The Bertz CT molecular complexity index is 969. The van der Waals surface area contributed by atoms with Crippen LogP contribution in [0.25, 0.3) is 22.0 Å². The molecular formula is C24H27NO3. The van der Waals surface area contributed by atoms with Gasteiger partial charge < -0.3 is 14.8 Å². The molecule has 4 heteroatoms. The Labute approximate surface area is 165 Å². The van der Waals surface area contributed by atoms with Crippen molar-refractivity contribution in [3.63, 3.8) is 0 Å². The molecular weight excluding hydrogens is 350 g/mol. The number of aromatic amines is 1. The van der Waals surface area contributed by atoms with Crippen molar-refractivity contribution in [2.24, 2.45) is 5.92 Å². The number of H-pyrrole nitrogens is 1. The molecule has 1 unspecified atom stereocenters. The van der Waals surface area contributed by atoms with Crippen LogP contribution in [0.2, 0.25) is 0 Å². The van der Waals surface area contributed by atoms with E-state index in [0.717, 1.165) is 46.2 Å². The molecule has 28 heavy (non-hydrogen) atoms. The minimum Gasteiger partial charge on any atom is -0.490 e. The van der Waals surface area contributed by atoms with Crippen LogP contribution in [0.5, 0.6) is 5.75 Å². The minimum atomic E-state index is -0.766. The van der Waals surface area contributed by atoms with Crippen LogP contribution in [-0.2, 0) is 11.2 Å². The second-order valence-corrected chi connectivity index (χ2v) is 7.93. The fourth-order valence-electron chi connectivity index (χ4n) is 4.06. The summed E-state index contributed by atoms with van der Waals surface area (Å²) >= 11 is 0. The highest BCUT2D eigenvalue weighted by atomic mass is 16.5. The Kier molecular flexibility index (Phi) is 5.38. The van der Waals surface area contributed by atoms with Gasteiger partial charge in [0.2, 0.25) is 0 Å². The Morgan fingerprint density at radius 3 is 2.75 bits per heavy atom. The summed E-state index contributed by atoms with van der Waals surface area (Å²) in [5, 5.41) is 10.4. The second kappa shape index (κ2) is 8.09. The maximum atomic E-state index is 11.3. The molecule has 1 fully saturated rings. The fraction of sp³-hybridized carbons (Fsp3) is 0.375. The van der Waals surface area contributed by atoms with Crippen molar-refractivity contribution in [3.05, 3.63) is 54.2 Å². The Morgan fingerprint density at radius 1 is 1.14 bits per heavy atom. The summed E-state index contributed by atoms with van der Waals surface area (Å²) in [5.41, 5.74) is 4.27. The predicted molar refractivity (Wildman–Crippen MR) is 112 cm³/mol. The first-order valence-electron chi connectivity index (χ1n) is 10.2. The normalized spacial score (nSPS) is 16.2. The van der Waals surface area contributed by atoms with Gasteiger partial charge in [0.05, 0.1) is 12.0 Å². The number of aliphatic carboxylic acids is 1. The minimum absolute atomic E-state index is 0.271. The van der Waals surface area contributed by atoms with E-state index >= 15 is 0 Å². The lowest BCUT2D eigenvalue weighted by Crippen LogP contribution is -2.20. The Hall–Kier alpha value is -2.75. The molecule has 0 radical (unpaired) electrons. The number of aromatic nitrogens is 1. The van der Waals surface area contributed by atoms with Gasteiger partial charge in [-0.2, -0.15) is 0 Å². The number of carbonyl (C=O) groups is 1. The van der Waals surface area contributed by atoms with Gasteiger partial charge in [-0.15, -0.1) is 0 Å². The van der Waals surface area contributed by atoms with E-state index in [-0.39, 0.29) is 6.10 Å². The number of fused-ring (bicyclic) bond motifs is 1. The van der Waals surface area contributed by atoms with Crippen molar-refractivity contribution >= 4 is 16.9 Å². The third kappa shape index (κ3) is 4.06. The van der Waals surface area contributed by atoms with E-state index in [0.29, 0.717) is 6.42 Å². The number of hydrogen-bond donors (Lipinski definition) is 2. The lowest BCUT2D eigenvalue weighted by molar-refractivity contribution is -0.141. The summed E-state index contributed by atoms with van der Waals surface area (Å²) in [5.74, 6) is -0.281. The third-order valence-electron chi connectivity index (χ3n) is 5.72. The molecule has 1 aliphatic rings. The van der Waals surface area contributed by atoms with Crippen LogP contribution in [0.3, 0.4) is 0 Å². The molecule has 2 aromatic carbocycles. The molecule has 1 aromatic heterocycles. The van der Waals surface area contributed by atoms with Crippen molar-refractivity contribution in [2.75, 3.05) is 0 Å². The molecule has 0 spiro atoms. The van der Waals surface area contributed by atoms with E-state index in [1.165, 1.54) is 19.3 Å². The molecule has 1 saturated carbocycles. The molecule has 1 aliphatic carbocycles. The highest BCUT2D eigenvalue weighted by Crippen LogP contribution is 2.35. The van der Waals surface area contributed by atoms with Crippen LogP contribution in [0.15, 0.2) is 48.7 Å². The summed E-state index contributed by atoms with van der Waals surface area (Å²) < 4.78 is 6.42. The Balaban J connectivity index is 1.70. The number of hydrogen-bond acceptors (Lipinski definition) is 2. The number of rotatable bonds is 6. The molecule has 0 bridgehead atoms. The summed E-state index contributed by atoms with van der Waals surface area (Å²) in [4.78, 5) is 14.5. The van der Waals surface area contributed by atoms with Gasteiger partial charge in [-0.05, 0) is 78.9 Å². The molecule has 2 N–H and O–H groups in total. The average Bonchev–Trinajstić information content (AvgIpc) is 3.17. The first-order valence-corrected chi connectivity index (χ1v) is 10.2. The molecule has 4 rings (SSSR count). The van der Waals surface area contributed by atoms with Crippen LogP contribution in [0.1, 0.15) is 44.6 Å². The van der Waals surface area contributed by atoms with Crippen molar-refractivity contribution in [1.82, 2.24) is 4.98 Å². The van der Waals surface area contributed by atoms with Gasteiger partial charge in [-0.25, -0.2) is 0 Å². The number of benzene rings is 2. The zero-order valence-electron chi connectivity index (χ0n) is 16.3. The molecule has 3 aromatic rings. The van der Waals surface area contributed by atoms with Gasteiger partial charge in [0.25, 0.3) is 0 Å². The summed E-state index contributed by atoms with van der Waals surface area (Å²) in [7, 11) is 0. The average molecular weight is 377 g/mol. The first-order chi connectivity index (χ1) is 13.6. The molecule has 0 amide bonds. The lowest BCUT2D eigenvalue weighted by Gasteiger charge is -2.25. The van der Waals surface area contributed by atoms with Gasteiger partial charge in [0.1, 0.15) is 5.75 Å². The van der Waals surface area contributed by atoms with Crippen LogP contribution < -0.4 is 4.74 Å². The number of nitrogens with one attached hydrogen (secondary N) is 1. The van der Waals surface area contributed by atoms with Crippen molar-refractivity contribution in [2.45, 2.75) is 51.6 Å².